The van der Waals surface area contributed by atoms with Gasteiger partial charge in [-0.25, -0.2) is 4.39 Å². The lowest BCUT2D eigenvalue weighted by atomic mass is 10.0. The van der Waals surface area contributed by atoms with Crippen LogP contribution in [-0.2, 0) is 9.53 Å². The molecule has 2 N–H and O–H groups in total. The predicted octanol–water partition coefficient (Wildman–Crippen LogP) is 5.24. The summed E-state index contributed by atoms with van der Waals surface area (Å²) in [7, 11) is 1.47. The van der Waals surface area contributed by atoms with Crippen LogP contribution < -0.4 is 15.5 Å². The van der Waals surface area contributed by atoms with Crippen molar-refractivity contribution in [1.82, 2.24) is 10.3 Å². The number of hydrogen-bond acceptors (Lipinski definition) is 5. The highest BCUT2D eigenvalue weighted by Gasteiger charge is 2.42. The zero-order valence-corrected chi connectivity index (χ0v) is 20.2. The van der Waals surface area contributed by atoms with Gasteiger partial charge in [-0.15, -0.1) is 0 Å². The van der Waals surface area contributed by atoms with Crippen LogP contribution in [-0.4, -0.2) is 29.7 Å². The summed E-state index contributed by atoms with van der Waals surface area (Å²) in [5, 5.41) is 6.70. The van der Waals surface area contributed by atoms with E-state index in [4.69, 9.17) is 21.4 Å². The maximum absolute atomic E-state index is 13.4. The molecule has 1 saturated heterocycles. The van der Waals surface area contributed by atoms with Crippen molar-refractivity contribution in [2.45, 2.75) is 12.1 Å². The van der Waals surface area contributed by atoms with E-state index in [1.165, 1.54) is 19.2 Å². The second-order valence-corrected chi connectivity index (χ2v) is 8.62. The molecule has 7 nitrogen and oxygen atoms in total. The number of carbonyl (C=O) groups is 1. The maximum atomic E-state index is 13.4. The number of carbonyl (C=O) groups excluding carboxylic acids is 1. The number of hydrogen-bond donors (Lipinski definition) is 2. The molecular weight excluding hydrogens is 479 g/mol. The number of nitrogens with one attached hydrogen (secondary N) is 2. The zero-order valence-electron chi connectivity index (χ0n) is 19.4. The molecule has 0 radical (unpaired) electrons. The first kappa shape index (κ1) is 23.7. The Morgan fingerprint density at radius 3 is 2.58 bits per heavy atom. The van der Waals surface area contributed by atoms with Gasteiger partial charge in [-0.1, -0.05) is 6.07 Å². The number of halogens is 1. The molecule has 3 heterocycles. The van der Waals surface area contributed by atoms with E-state index in [2.05, 4.69) is 15.6 Å². The van der Waals surface area contributed by atoms with Crippen molar-refractivity contribution in [3.63, 3.8) is 0 Å². The molecule has 0 spiro atoms. The third kappa shape index (κ3) is 4.84. The summed E-state index contributed by atoms with van der Waals surface area (Å²) >= 11 is 5.75. The first-order valence-electron chi connectivity index (χ1n) is 11.3. The summed E-state index contributed by atoms with van der Waals surface area (Å²) in [5.41, 5.74) is 3.05. The lowest BCUT2D eigenvalue weighted by Gasteiger charge is -2.26. The van der Waals surface area contributed by atoms with Crippen LogP contribution >= 0.6 is 12.2 Å². The van der Waals surface area contributed by atoms with Crippen LogP contribution in [0, 0.1) is 5.82 Å². The Kier molecular flexibility index (Phi) is 6.75. The number of nitrogens with zero attached hydrogens (tertiary/aromatic N) is 2. The summed E-state index contributed by atoms with van der Waals surface area (Å²) in [4.78, 5) is 18.4. The van der Waals surface area contributed by atoms with Crippen molar-refractivity contribution in [3.05, 3.63) is 102 Å². The number of pyridine rings is 1. The Balaban J connectivity index is 1.50. The number of thiocarbonyl (C=S) groups is 1. The normalized spacial score (nSPS) is 17.2. The van der Waals surface area contributed by atoms with E-state index >= 15 is 0 Å². The monoisotopic (exact) mass is 502 g/mol. The lowest BCUT2D eigenvalue weighted by molar-refractivity contribution is -0.119. The van der Waals surface area contributed by atoms with Crippen LogP contribution in [0.3, 0.4) is 0 Å². The van der Waals surface area contributed by atoms with Crippen LogP contribution in [0.25, 0.3) is 11.3 Å². The molecule has 1 aliphatic heterocycles. The Morgan fingerprint density at radius 2 is 1.89 bits per heavy atom. The SMILES string of the molecule is COCC(=O)Nc1ccc(N2C(=S)N[C@@H](c3ccccn3)[C@H]2c2ccc(-c3ccc(F)cc3)o2)cc1. The van der Waals surface area contributed by atoms with Crippen LogP contribution in [0.1, 0.15) is 23.5 Å². The van der Waals surface area contributed by atoms with Crippen molar-refractivity contribution < 1.29 is 18.3 Å². The third-order valence-electron chi connectivity index (χ3n) is 5.85. The number of rotatable bonds is 7. The van der Waals surface area contributed by atoms with Crippen molar-refractivity contribution >= 4 is 34.6 Å². The van der Waals surface area contributed by atoms with Gasteiger partial charge in [-0.05, 0) is 85.0 Å². The number of methoxy groups -OCH3 is 1. The number of ether oxygens (including phenoxy) is 1. The van der Waals surface area contributed by atoms with Gasteiger partial charge in [0.25, 0.3) is 0 Å². The molecule has 36 heavy (non-hydrogen) atoms. The van der Waals surface area contributed by atoms with E-state index in [0.717, 1.165) is 16.9 Å². The van der Waals surface area contributed by atoms with Gasteiger partial charge in [0.2, 0.25) is 5.91 Å². The number of furan rings is 1. The molecule has 0 bridgehead atoms. The van der Waals surface area contributed by atoms with Crippen LogP contribution in [0.2, 0.25) is 0 Å². The summed E-state index contributed by atoms with van der Waals surface area (Å²) in [5.74, 6) is 0.758. The van der Waals surface area contributed by atoms with Gasteiger partial charge < -0.3 is 24.7 Å². The van der Waals surface area contributed by atoms with E-state index in [1.54, 1.807) is 18.3 Å². The fourth-order valence-electron chi connectivity index (χ4n) is 4.24. The zero-order chi connectivity index (χ0) is 25.1. The molecule has 2 aromatic carbocycles. The molecule has 0 unspecified atom stereocenters. The fourth-order valence-corrected chi connectivity index (χ4v) is 4.58. The maximum Gasteiger partial charge on any atom is 0.250 e. The highest BCUT2D eigenvalue weighted by Crippen LogP contribution is 2.43. The average molecular weight is 503 g/mol. The Labute approximate surface area is 212 Å². The second-order valence-electron chi connectivity index (χ2n) is 8.23. The fraction of sp³-hybridized carbons (Fsp3) is 0.148. The standard InChI is InChI=1S/C27H23FN4O3S/c1-34-16-24(33)30-19-9-11-20(12-10-19)32-26(25(31-27(32)36)21-4-2-3-15-29-21)23-14-13-22(35-23)17-5-7-18(28)8-6-17/h2-15,25-26H,16H2,1H3,(H,30,33)(H,31,36)/t25-,26+/m0/s1. The highest BCUT2D eigenvalue weighted by molar-refractivity contribution is 7.80. The van der Waals surface area contributed by atoms with Gasteiger partial charge in [-0.3, -0.25) is 9.78 Å². The van der Waals surface area contributed by atoms with Crippen molar-refractivity contribution in [2.75, 3.05) is 23.9 Å². The van der Waals surface area contributed by atoms with Gasteiger partial charge in [0.15, 0.2) is 5.11 Å². The minimum absolute atomic E-state index is 0.0232. The molecule has 5 rings (SSSR count). The summed E-state index contributed by atoms with van der Waals surface area (Å²) in [6.07, 6.45) is 1.74. The van der Waals surface area contributed by atoms with Crippen molar-refractivity contribution in [3.8, 4) is 11.3 Å². The smallest absolute Gasteiger partial charge is 0.250 e. The largest absolute Gasteiger partial charge is 0.459 e. The topological polar surface area (TPSA) is 79.6 Å². The Morgan fingerprint density at radius 1 is 1.11 bits per heavy atom. The number of benzene rings is 2. The quantitative estimate of drug-likeness (QED) is 0.335. The molecule has 1 aliphatic rings. The number of amides is 1. The summed E-state index contributed by atoms with van der Waals surface area (Å²) in [6, 6.07) is 22.4. The van der Waals surface area contributed by atoms with E-state index < -0.39 is 0 Å². The average Bonchev–Trinajstić information content (AvgIpc) is 3.50. The van der Waals surface area contributed by atoms with E-state index in [-0.39, 0.29) is 30.4 Å². The molecular formula is C27H23FN4O3S. The Hall–Kier alpha value is -4.08. The third-order valence-corrected chi connectivity index (χ3v) is 6.16. The molecule has 4 aromatic rings. The second kappa shape index (κ2) is 10.3. The van der Waals surface area contributed by atoms with Gasteiger partial charge in [0, 0.05) is 30.2 Å². The molecule has 182 valence electrons. The van der Waals surface area contributed by atoms with Crippen molar-refractivity contribution in [1.29, 1.82) is 0 Å². The minimum atomic E-state index is -0.337. The first-order chi connectivity index (χ1) is 17.5. The van der Waals surface area contributed by atoms with Gasteiger partial charge >= 0.3 is 0 Å². The minimum Gasteiger partial charge on any atom is -0.459 e. The van der Waals surface area contributed by atoms with E-state index in [9.17, 15) is 9.18 Å². The van der Waals surface area contributed by atoms with Crippen LogP contribution in [0.5, 0.6) is 0 Å². The molecule has 0 aliphatic carbocycles. The molecule has 2 atom stereocenters. The van der Waals surface area contributed by atoms with Gasteiger partial charge in [0.1, 0.15) is 30.0 Å². The number of aromatic nitrogens is 1. The van der Waals surface area contributed by atoms with Crippen molar-refractivity contribution in [2.24, 2.45) is 0 Å². The molecule has 0 saturated carbocycles. The molecule has 1 fully saturated rings. The molecule has 1 amide bonds. The molecule has 2 aromatic heterocycles. The van der Waals surface area contributed by atoms with Crippen LogP contribution in [0.15, 0.2) is 89.5 Å². The number of anilines is 2. The lowest BCUT2D eigenvalue weighted by Crippen LogP contribution is -2.29. The first-order valence-corrected chi connectivity index (χ1v) is 11.7. The highest BCUT2D eigenvalue weighted by atomic mass is 32.1. The van der Waals surface area contributed by atoms with Crippen LogP contribution in [0.4, 0.5) is 15.8 Å². The predicted molar refractivity (Wildman–Crippen MR) is 139 cm³/mol. The van der Waals surface area contributed by atoms with E-state index in [0.29, 0.717) is 22.3 Å². The summed E-state index contributed by atoms with van der Waals surface area (Å²) < 4.78 is 24.6. The Bertz CT molecular complexity index is 1360. The van der Waals surface area contributed by atoms with Gasteiger partial charge in [0.05, 0.1) is 11.7 Å². The summed E-state index contributed by atoms with van der Waals surface area (Å²) in [6.45, 7) is -0.0232. The van der Waals surface area contributed by atoms with E-state index in [1.807, 2.05) is 59.5 Å². The molecule has 9 heteroatoms. The van der Waals surface area contributed by atoms with Gasteiger partial charge in [-0.2, -0.15) is 0 Å².